The number of thiazole rings is 1. The molecule has 2 fully saturated rings. The molecule has 2 saturated heterocycles. The van der Waals surface area contributed by atoms with Crippen LogP contribution in [0.15, 0.2) is 60.5 Å². The van der Waals surface area contributed by atoms with Gasteiger partial charge in [-0.2, -0.15) is 5.10 Å². The molecule has 1 amide bonds. The van der Waals surface area contributed by atoms with Crippen LogP contribution in [0.3, 0.4) is 0 Å². The van der Waals surface area contributed by atoms with E-state index in [9.17, 15) is 4.79 Å². The molecule has 0 radical (unpaired) electrons. The summed E-state index contributed by atoms with van der Waals surface area (Å²) in [5, 5.41) is 13.7. The summed E-state index contributed by atoms with van der Waals surface area (Å²) in [5.41, 5.74) is 5.46. The highest BCUT2D eigenvalue weighted by atomic mass is 32.1. The third kappa shape index (κ3) is 3.83. The summed E-state index contributed by atoms with van der Waals surface area (Å²) in [4.78, 5) is 24.8. The number of benzene rings is 2. The van der Waals surface area contributed by atoms with Gasteiger partial charge in [-0.3, -0.25) is 14.8 Å². The van der Waals surface area contributed by atoms with Crippen molar-refractivity contribution in [3.8, 4) is 11.1 Å². The van der Waals surface area contributed by atoms with Gasteiger partial charge in [-0.1, -0.05) is 12.1 Å². The minimum Gasteiger partial charge on any atom is -0.370 e. The van der Waals surface area contributed by atoms with E-state index in [2.05, 4.69) is 42.2 Å². The summed E-state index contributed by atoms with van der Waals surface area (Å²) in [5.74, 6) is -0.683. The molecule has 3 aliphatic heterocycles. The van der Waals surface area contributed by atoms with Gasteiger partial charge in [0, 0.05) is 67.3 Å². The number of amides is 1. The normalized spacial score (nSPS) is 18.0. The van der Waals surface area contributed by atoms with Crippen LogP contribution < -0.4 is 15.5 Å². The number of hydrogen-bond donors (Lipinski definition) is 2. The molecule has 0 bridgehead atoms. The molecule has 6 heterocycles. The first-order chi connectivity index (χ1) is 19.6. The number of hydrogen-bond acceptors (Lipinski definition) is 7. The maximum atomic E-state index is 15.5. The lowest BCUT2D eigenvalue weighted by molar-refractivity contribution is -0.118. The van der Waals surface area contributed by atoms with Crippen molar-refractivity contribution < 1.29 is 9.18 Å². The third-order valence-electron chi connectivity index (χ3n) is 8.44. The lowest BCUT2D eigenvalue weighted by Gasteiger charge is -2.57. The van der Waals surface area contributed by atoms with E-state index in [0.717, 1.165) is 62.4 Å². The van der Waals surface area contributed by atoms with Gasteiger partial charge in [-0.05, 0) is 48.2 Å². The lowest BCUT2D eigenvalue weighted by Crippen LogP contribution is -2.71. The summed E-state index contributed by atoms with van der Waals surface area (Å²) < 4.78 is 19.1. The van der Waals surface area contributed by atoms with Gasteiger partial charge in [0.15, 0.2) is 11.2 Å². The second kappa shape index (κ2) is 8.97. The van der Waals surface area contributed by atoms with Gasteiger partial charge in [-0.25, -0.2) is 14.4 Å². The standard InChI is InChI=1S/C29H27FN8OS/c30-22-10-19(18-3-5-20(6-4-18)37-15-29(16-37)13-31-14-29)11-23-21(22)12-38(35-23)26(27(39)34-28-32-7-9-40-28)25-24-2-1-8-36(24)17-33-25/h3-7,9-12,17,26,31H,1-2,8,13-16H2,(H,32,34,39). The van der Waals surface area contributed by atoms with E-state index >= 15 is 4.39 Å². The monoisotopic (exact) mass is 554 g/mol. The highest BCUT2D eigenvalue weighted by Crippen LogP contribution is 2.38. The van der Waals surface area contributed by atoms with E-state index < -0.39 is 6.04 Å². The van der Waals surface area contributed by atoms with Crippen LogP contribution in [-0.4, -0.2) is 56.4 Å². The van der Waals surface area contributed by atoms with Crippen molar-refractivity contribution in [2.45, 2.75) is 25.4 Å². The molecule has 0 saturated carbocycles. The van der Waals surface area contributed by atoms with Gasteiger partial charge in [0.2, 0.25) is 0 Å². The largest absolute Gasteiger partial charge is 0.370 e. The van der Waals surface area contributed by atoms with Crippen molar-refractivity contribution >= 4 is 39.0 Å². The molecule has 202 valence electrons. The molecule has 3 aliphatic rings. The second-order valence-corrected chi connectivity index (χ2v) is 12.0. The number of aryl methyl sites for hydroxylation is 1. The summed E-state index contributed by atoms with van der Waals surface area (Å²) in [6.45, 7) is 5.23. The Balaban J connectivity index is 1.12. The minimum atomic E-state index is -0.849. The summed E-state index contributed by atoms with van der Waals surface area (Å²) in [6, 6.07) is 10.9. The smallest absolute Gasteiger partial charge is 0.257 e. The minimum absolute atomic E-state index is 0.308. The van der Waals surface area contributed by atoms with Gasteiger partial charge in [0.05, 0.1) is 22.9 Å². The number of carbonyl (C=O) groups excluding carboxylic acids is 1. The SMILES string of the molecule is O=C(Nc1nccs1)C(c1ncn2c1CCC2)n1cc2c(F)cc(-c3ccc(N4CC5(CNC5)C4)cc3)cc2n1. The number of aromatic nitrogens is 5. The van der Waals surface area contributed by atoms with Crippen LogP contribution in [0.2, 0.25) is 0 Å². The van der Waals surface area contributed by atoms with Crippen molar-refractivity contribution in [2.75, 3.05) is 36.4 Å². The Hall–Kier alpha value is -4.09. The fourth-order valence-electron chi connectivity index (χ4n) is 6.27. The van der Waals surface area contributed by atoms with E-state index in [-0.39, 0.29) is 11.7 Å². The molecule has 1 atom stereocenters. The van der Waals surface area contributed by atoms with E-state index in [1.165, 1.54) is 17.0 Å². The average Bonchev–Trinajstić information content (AvgIpc) is 3.69. The van der Waals surface area contributed by atoms with Crippen molar-refractivity contribution in [1.82, 2.24) is 29.6 Å². The third-order valence-corrected chi connectivity index (χ3v) is 9.12. The zero-order valence-corrected chi connectivity index (χ0v) is 22.5. The van der Waals surface area contributed by atoms with Crippen LogP contribution in [0, 0.1) is 11.2 Å². The first-order valence-electron chi connectivity index (χ1n) is 13.5. The Labute approximate surface area is 233 Å². The molecule has 1 spiro atoms. The molecule has 3 aromatic heterocycles. The quantitative estimate of drug-likeness (QED) is 0.329. The molecule has 8 rings (SSSR count). The first kappa shape index (κ1) is 23.8. The Kier molecular flexibility index (Phi) is 5.33. The average molecular weight is 555 g/mol. The highest BCUT2D eigenvalue weighted by Gasteiger charge is 2.47. The lowest BCUT2D eigenvalue weighted by atomic mass is 9.74. The molecule has 0 aliphatic carbocycles. The molecule has 11 heteroatoms. The first-order valence-corrected chi connectivity index (χ1v) is 14.4. The van der Waals surface area contributed by atoms with Crippen LogP contribution >= 0.6 is 11.3 Å². The van der Waals surface area contributed by atoms with Crippen LogP contribution in [-0.2, 0) is 17.8 Å². The topological polar surface area (TPSA) is 92.9 Å². The highest BCUT2D eigenvalue weighted by molar-refractivity contribution is 7.13. The predicted octanol–water partition coefficient (Wildman–Crippen LogP) is 4.08. The number of halogens is 1. The Morgan fingerprint density at radius 2 is 1.98 bits per heavy atom. The Bertz CT molecular complexity index is 1730. The van der Waals surface area contributed by atoms with Gasteiger partial charge < -0.3 is 14.8 Å². The van der Waals surface area contributed by atoms with Crippen molar-refractivity contribution in [3.05, 3.63) is 77.7 Å². The molecule has 2 N–H and O–H groups in total. The fraction of sp³-hybridized carbons (Fsp3) is 0.310. The van der Waals surface area contributed by atoms with Crippen LogP contribution in [0.5, 0.6) is 0 Å². The maximum Gasteiger partial charge on any atom is 0.257 e. The number of imidazole rings is 1. The van der Waals surface area contributed by atoms with Crippen LogP contribution in [0.25, 0.3) is 22.0 Å². The van der Waals surface area contributed by atoms with Crippen LogP contribution in [0.1, 0.15) is 23.9 Å². The van der Waals surface area contributed by atoms with Gasteiger partial charge in [-0.15, -0.1) is 11.3 Å². The number of carbonyl (C=O) groups is 1. The molecule has 5 aromatic rings. The number of fused-ring (bicyclic) bond motifs is 2. The van der Waals surface area contributed by atoms with Crippen molar-refractivity contribution in [3.63, 3.8) is 0 Å². The summed E-state index contributed by atoms with van der Waals surface area (Å²) in [6.07, 6.45) is 6.86. The van der Waals surface area contributed by atoms with E-state index in [1.807, 2.05) is 18.2 Å². The molecule has 40 heavy (non-hydrogen) atoms. The zero-order chi connectivity index (χ0) is 26.8. The van der Waals surface area contributed by atoms with Gasteiger partial charge in [0.1, 0.15) is 5.82 Å². The maximum absolute atomic E-state index is 15.5. The number of nitrogens with zero attached hydrogens (tertiary/aromatic N) is 6. The Morgan fingerprint density at radius 3 is 2.73 bits per heavy atom. The molecule has 1 unspecified atom stereocenters. The van der Waals surface area contributed by atoms with Crippen molar-refractivity contribution in [2.24, 2.45) is 5.41 Å². The summed E-state index contributed by atoms with van der Waals surface area (Å²) in [7, 11) is 0. The van der Waals surface area contributed by atoms with E-state index in [4.69, 9.17) is 5.10 Å². The fourth-order valence-corrected chi connectivity index (χ4v) is 6.80. The Morgan fingerprint density at radius 1 is 1.12 bits per heavy atom. The number of rotatable bonds is 6. The molecular weight excluding hydrogens is 527 g/mol. The molecular formula is C29H27FN8OS. The van der Waals surface area contributed by atoms with E-state index in [1.54, 1.807) is 34.8 Å². The second-order valence-electron chi connectivity index (χ2n) is 11.1. The summed E-state index contributed by atoms with van der Waals surface area (Å²) >= 11 is 1.34. The van der Waals surface area contributed by atoms with E-state index in [0.29, 0.717) is 27.1 Å². The molecule has 2 aromatic carbocycles. The van der Waals surface area contributed by atoms with Gasteiger partial charge >= 0.3 is 0 Å². The predicted molar refractivity (Wildman–Crippen MR) is 152 cm³/mol. The zero-order valence-electron chi connectivity index (χ0n) is 21.7. The van der Waals surface area contributed by atoms with Crippen molar-refractivity contribution in [1.29, 1.82) is 0 Å². The van der Waals surface area contributed by atoms with Gasteiger partial charge in [0.25, 0.3) is 5.91 Å². The number of anilines is 2. The number of nitrogens with one attached hydrogen (secondary N) is 2. The molecule has 9 nitrogen and oxygen atoms in total. The van der Waals surface area contributed by atoms with Crippen LogP contribution in [0.4, 0.5) is 15.2 Å².